The van der Waals surface area contributed by atoms with Gasteiger partial charge in [0.1, 0.15) is 0 Å². The van der Waals surface area contributed by atoms with Crippen LogP contribution in [0, 0.1) is 0 Å². The Morgan fingerprint density at radius 2 is 1.57 bits per heavy atom. The second-order valence-electron chi connectivity index (χ2n) is 8.67. The van der Waals surface area contributed by atoms with Gasteiger partial charge < -0.3 is 5.32 Å². The van der Waals surface area contributed by atoms with Crippen molar-refractivity contribution >= 4 is 83.5 Å². The molecule has 0 unspecified atom stereocenters. The van der Waals surface area contributed by atoms with Crippen molar-refractivity contribution in [2.75, 3.05) is 16.3 Å². The van der Waals surface area contributed by atoms with Crippen molar-refractivity contribution in [1.29, 1.82) is 0 Å². The van der Waals surface area contributed by atoms with Crippen LogP contribution in [0.15, 0.2) is 60.7 Å². The van der Waals surface area contributed by atoms with Crippen molar-refractivity contribution in [3.05, 3.63) is 91.7 Å². The topological polar surface area (TPSA) is 75.3 Å². The van der Waals surface area contributed by atoms with Crippen LogP contribution in [0.2, 0.25) is 15.1 Å². The van der Waals surface area contributed by atoms with Crippen molar-refractivity contribution < 1.29 is 13.2 Å². The second kappa shape index (κ2) is 9.64. The fraction of sp³-hybridized carbons (Fsp3) is 0.160. The number of fused-ring (bicyclic) bond motifs is 1. The number of sulfonamides is 1. The van der Waals surface area contributed by atoms with Crippen LogP contribution in [-0.2, 0) is 15.4 Å². The molecule has 0 fully saturated rings. The first kappa shape index (κ1) is 25.8. The van der Waals surface area contributed by atoms with E-state index in [1.807, 2.05) is 36.4 Å². The molecule has 3 aromatic carbocycles. The van der Waals surface area contributed by atoms with E-state index in [0.29, 0.717) is 20.6 Å². The predicted octanol–water partition coefficient (Wildman–Crippen LogP) is 7.81. The summed E-state index contributed by atoms with van der Waals surface area (Å²) in [5.74, 6) is -0.308. The number of carbonyl (C=O) groups is 1. The standard InChI is InChI=1S/C25H21Cl3N2O3S2/c1-25(2,15-4-6-17(26)7-5-15)16-10-18(27)12-19(11-16)29-24(31)23-9-14-8-20(28)21(13-22(14)34-23)30-35(3,32)33/h4-13,30H,1-3H3,(H,29,31). The molecule has 0 spiro atoms. The third-order valence-corrected chi connectivity index (χ3v) is 8.04. The molecule has 0 radical (unpaired) electrons. The monoisotopic (exact) mass is 566 g/mol. The number of anilines is 2. The van der Waals surface area contributed by atoms with Crippen LogP contribution in [-0.4, -0.2) is 20.6 Å². The number of benzene rings is 3. The van der Waals surface area contributed by atoms with E-state index >= 15 is 0 Å². The van der Waals surface area contributed by atoms with Crippen molar-refractivity contribution in [2.45, 2.75) is 19.3 Å². The van der Waals surface area contributed by atoms with Crippen LogP contribution >= 0.6 is 46.1 Å². The van der Waals surface area contributed by atoms with Gasteiger partial charge in [-0.05, 0) is 65.0 Å². The first-order chi connectivity index (χ1) is 16.3. The average molecular weight is 568 g/mol. The summed E-state index contributed by atoms with van der Waals surface area (Å²) in [5, 5.41) is 5.06. The maximum absolute atomic E-state index is 13.1. The van der Waals surface area contributed by atoms with E-state index in [0.717, 1.165) is 27.5 Å². The van der Waals surface area contributed by atoms with E-state index in [1.54, 1.807) is 24.3 Å². The quantitative estimate of drug-likeness (QED) is 0.249. The van der Waals surface area contributed by atoms with Gasteiger partial charge >= 0.3 is 0 Å². The average Bonchev–Trinajstić information content (AvgIpc) is 3.15. The number of hydrogen-bond donors (Lipinski definition) is 2. The number of thiophene rings is 1. The predicted molar refractivity (Wildman–Crippen MR) is 148 cm³/mol. The lowest BCUT2D eigenvalue weighted by atomic mass is 9.78. The zero-order valence-electron chi connectivity index (χ0n) is 18.9. The summed E-state index contributed by atoms with van der Waals surface area (Å²) in [4.78, 5) is 13.5. The number of carbonyl (C=O) groups excluding carboxylic acids is 1. The highest BCUT2D eigenvalue weighted by atomic mass is 35.5. The molecule has 0 aliphatic heterocycles. The minimum Gasteiger partial charge on any atom is -0.321 e. The van der Waals surface area contributed by atoms with E-state index in [4.69, 9.17) is 34.8 Å². The Labute approximate surface area is 223 Å². The maximum Gasteiger partial charge on any atom is 0.265 e. The molecule has 0 saturated heterocycles. The molecule has 35 heavy (non-hydrogen) atoms. The summed E-state index contributed by atoms with van der Waals surface area (Å²) in [6, 6.07) is 18.1. The zero-order chi connectivity index (χ0) is 25.5. The van der Waals surface area contributed by atoms with E-state index in [9.17, 15) is 13.2 Å². The normalized spacial score (nSPS) is 12.1. The highest BCUT2D eigenvalue weighted by molar-refractivity contribution is 7.92. The Kier molecular flexibility index (Phi) is 7.10. The summed E-state index contributed by atoms with van der Waals surface area (Å²) in [5.41, 5.74) is 2.43. The van der Waals surface area contributed by atoms with Crippen molar-refractivity contribution in [2.24, 2.45) is 0 Å². The molecule has 182 valence electrons. The SMILES string of the molecule is CC(C)(c1ccc(Cl)cc1)c1cc(Cl)cc(NC(=O)c2cc3cc(Cl)c(NS(C)(=O)=O)cc3s2)c1. The minimum absolute atomic E-state index is 0.247. The van der Waals surface area contributed by atoms with Crippen molar-refractivity contribution in [3.8, 4) is 0 Å². The molecule has 1 amide bonds. The first-order valence-corrected chi connectivity index (χ1v) is 14.3. The molecule has 0 saturated carbocycles. The van der Waals surface area contributed by atoms with Gasteiger partial charge in [-0.1, -0.05) is 60.8 Å². The molecule has 0 aliphatic rings. The smallest absolute Gasteiger partial charge is 0.265 e. The molecule has 2 N–H and O–H groups in total. The van der Waals surface area contributed by atoms with Crippen LogP contribution in [0.25, 0.3) is 10.1 Å². The van der Waals surface area contributed by atoms with Gasteiger partial charge in [-0.3, -0.25) is 9.52 Å². The summed E-state index contributed by atoms with van der Waals surface area (Å²) in [6.45, 7) is 4.15. The molecule has 10 heteroatoms. The molecule has 1 aromatic heterocycles. The van der Waals surface area contributed by atoms with Gasteiger partial charge in [0.2, 0.25) is 10.0 Å². The number of amides is 1. The Morgan fingerprint density at radius 3 is 2.23 bits per heavy atom. The van der Waals surface area contributed by atoms with Gasteiger partial charge in [0.25, 0.3) is 5.91 Å². The second-order valence-corrected chi connectivity index (χ2v) is 12.8. The van der Waals surface area contributed by atoms with Crippen LogP contribution in [0.1, 0.15) is 34.6 Å². The molecule has 4 aromatic rings. The summed E-state index contributed by atoms with van der Waals surface area (Å²) in [7, 11) is -3.49. The van der Waals surface area contributed by atoms with Crippen LogP contribution in [0.5, 0.6) is 0 Å². The molecular weight excluding hydrogens is 547 g/mol. The van der Waals surface area contributed by atoms with Crippen LogP contribution < -0.4 is 10.0 Å². The van der Waals surface area contributed by atoms with E-state index in [2.05, 4.69) is 23.9 Å². The van der Waals surface area contributed by atoms with Gasteiger partial charge in [-0.25, -0.2) is 8.42 Å². The Morgan fingerprint density at radius 1 is 0.886 bits per heavy atom. The highest BCUT2D eigenvalue weighted by Crippen LogP contribution is 2.37. The minimum atomic E-state index is -3.49. The molecular formula is C25H21Cl3N2O3S2. The van der Waals surface area contributed by atoms with Crippen LogP contribution in [0.4, 0.5) is 11.4 Å². The Bertz CT molecular complexity index is 1550. The largest absolute Gasteiger partial charge is 0.321 e. The van der Waals surface area contributed by atoms with Crippen molar-refractivity contribution in [1.82, 2.24) is 0 Å². The van der Waals surface area contributed by atoms with Gasteiger partial charge in [0.05, 0.1) is 21.8 Å². The number of nitrogens with one attached hydrogen (secondary N) is 2. The Hall–Kier alpha value is -2.29. The maximum atomic E-state index is 13.1. The lowest BCUT2D eigenvalue weighted by Gasteiger charge is -2.27. The Balaban J connectivity index is 1.62. The van der Waals surface area contributed by atoms with Gasteiger partial charge in [-0.15, -0.1) is 11.3 Å². The number of halogens is 3. The van der Waals surface area contributed by atoms with Crippen molar-refractivity contribution in [3.63, 3.8) is 0 Å². The first-order valence-electron chi connectivity index (χ1n) is 10.4. The number of hydrogen-bond acceptors (Lipinski definition) is 4. The van der Waals surface area contributed by atoms with E-state index in [1.165, 1.54) is 11.3 Å². The molecule has 5 nitrogen and oxygen atoms in total. The third-order valence-electron chi connectivity index (χ3n) is 5.57. The molecule has 0 aliphatic carbocycles. The summed E-state index contributed by atoms with van der Waals surface area (Å²) >= 11 is 19.9. The molecule has 0 bridgehead atoms. The zero-order valence-corrected chi connectivity index (χ0v) is 22.8. The fourth-order valence-electron chi connectivity index (χ4n) is 3.70. The number of rotatable bonds is 6. The van der Waals surface area contributed by atoms with E-state index < -0.39 is 10.0 Å². The molecule has 0 atom stereocenters. The third kappa shape index (κ3) is 5.93. The van der Waals surface area contributed by atoms with Gasteiger partial charge in [0, 0.05) is 25.8 Å². The van der Waals surface area contributed by atoms with Gasteiger partial charge in [0.15, 0.2) is 0 Å². The lowest BCUT2D eigenvalue weighted by Crippen LogP contribution is -2.19. The molecule has 4 rings (SSSR count). The van der Waals surface area contributed by atoms with Crippen LogP contribution in [0.3, 0.4) is 0 Å². The summed E-state index contributed by atoms with van der Waals surface area (Å²) in [6.07, 6.45) is 1.05. The van der Waals surface area contributed by atoms with Gasteiger partial charge in [-0.2, -0.15) is 0 Å². The van der Waals surface area contributed by atoms with E-state index in [-0.39, 0.29) is 22.0 Å². The fourth-order valence-corrected chi connectivity index (χ4v) is 5.88. The summed E-state index contributed by atoms with van der Waals surface area (Å²) < 4.78 is 26.3. The highest BCUT2D eigenvalue weighted by Gasteiger charge is 2.24. The lowest BCUT2D eigenvalue weighted by molar-refractivity contribution is 0.103. The molecule has 1 heterocycles.